The van der Waals surface area contributed by atoms with Gasteiger partial charge in [-0.25, -0.2) is 4.39 Å². The third-order valence-corrected chi connectivity index (χ3v) is 3.30. The fourth-order valence-corrected chi connectivity index (χ4v) is 2.36. The van der Waals surface area contributed by atoms with Gasteiger partial charge in [0.15, 0.2) is 0 Å². The average molecular weight is 227 g/mol. The van der Waals surface area contributed by atoms with Gasteiger partial charge in [-0.3, -0.25) is 4.98 Å². The maximum atomic E-state index is 13.1. The van der Waals surface area contributed by atoms with Crippen LogP contribution in [-0.4, -0.2) is 4.98 Å². The number of fused-ring (bicyclic) bond motifs is 1. The van der Waals surface area contributed by atoms with Crippen molar-refractivity contribution in [3.63, 3.8) is 0 Å². The summed E-state index contributed by atoms with van der Waals surface area (Å²) in [6, 6.07) is 6.91. The van der Waals surface area contributed by atoms with E-state index in [1.54, 1.807) is 6.20 Å². The summed E-state index contributed by atoms with van der Waals surface area (Å²) in [6.07, 6.45) is 8.83. The summed E-state index contributed by atoms with van der Waals surface area (Å²) in [5, 5.41) is 1.92. The van der Waals surface area contributed by atoms with Crippen LogP contribution in [0.1, 0.15) is 31.4 Å². The molecule has 0 aliphatic heterocycles. The molecule has 0 N–H and O–H groups in total. The first-order chi connectivity index (χ1) is 8.33. The Labute approximate surface area is 100.0 Å². The van der Waals surface area contributed by atoms with Crippen molar-refractivity contribution >= 4 is 16.3 Å². The van der Waals surface area contributed by atoms with Crippen LogP contribution in [0.5, 0.6) is 0 Å². The summed E-state index contributed by atoms with van der Waals surface area (Å²) < 4.78 is 13.1. The summed E-state index contributed by atoms with van der Waals surface area (Å²) >= 11 is 0. The van der Waals surface area contributed by atoms with Gasteiger partial charge in [0.2, 0.25) is 0 Å². The lowest BCUT2D eigenvalue weighted by Crippen LogP contribution is -1.94. The maximum absolute atomic E-state index is 13.1. The van der Waals surface area contributed by atoms with Crippen LogP contribution >= 0.6 is 0 Å². The Balaban J connectivity index is 2.07. The van der Waals surface area contributed by atoms with Gasteiger partial charge in [0.1, 0.15) is 5.82 Å². The van der Waals surface area contributed by atoms with Crippen LogP contribution in [0.3, 0.4) is 0 Å². The van der Waals surface area contributed by atoms with E-state index in [-0.39, 0.29) is 5.82 Å². The molecule has 2 aromatic rings. The van der Waals surface area contributed by atoms with Crippen molar-refractivity contribution in [3.05, 3.63) is 48.0 Å². The molecule has 86 valence electrons. The first-order valence-electron chi connectivity index (χ1n) is 6.08. The quantitative estimate of drug-likeness (QED) is 0.706. The van der Waals surface area contributed by atoms with Gasteiger partial charge in [-0.05, 0) is 54.8 Å². The molecule has 1 aromatic heterocycles. The molecule has 1 aliphatic carbocycles. The summed E-state index contributed by atoms with van der Waals surface area (Å²) in [5.74, 6) is -0.205. The third kappa shape index (κ3) is 2.07. The van der Waals surface area contributed by atoms with Crippen molar-refractivity contribution in [1.82, 2.24) is 4.98 Å². The Bertz CT molecular complexity index is 586. The molecular formula is C15H14FN. The van der Waals surface area contributed by atoms with Crippen molar-refractivity contribution in [2.45, 2.75) is 25.7 Å². The van der Waals surface area contributed by atoms with E-state index in [0.29, 0.717) is 0 Å². The lowest BCUT2D eigenvalue weighted by Gasteiger charge is -2.12. The van der Waals surface area contributed by atoms with E-state index in [1.165, 1.54) is 30.5 Å². The Morgan fingerprint density at radius 1 is 1.06 bits per heavy atom. The topological polar surface area (TPSA) is 12.9 Å². The molecule has 0 atom stereocenters. The highest BCUT2D eigenvalue weighted by atomic mass is 19.1. The van der Waals surface area contributed by atoms with Gasteiger partial charge in [0.25, 0.3) is 0 Å². The fourth-order valence-electron chi connectivity index (χ4n) is 2.36. The van der Waals surface area contributed by atoms with Gasteiger partial charge in [0, 0.05) is 11.6 Å². The monoisotopic (exact) mass is 227 g/mol. The standard InChI is InChI=1S/C15H14FN/c16-14-7-6-12-9-15(17-10-13(12)8-14)11-4-2-1-3-5-11/h4,6-10H,1-3,5H2. The zero-order valence-electron chi connectivity index (χ0n) is 9.62. The number of halogens is 1. The summed E-state index contributed by atoms with van der Waals surface area (Å²) in [4.78, 5) is 4.44. The summed E-state index contributed by atoms with van der Waals surface area (Å²) in [6.45, 7) is 0. The van der Waals surface area contributed by atoms with Gasteiger partial charge in [0.05, 0.1) is 5.69 Å². The molecule has 0 bridgehead atoms. The molecule has 0 radical (unpaired) electrons. The van der Waals surface area contributed by atoms with E-state index in [2.05, 4.69) is 17.1 Å². The van der Waals surface area contributed by atoms with E-state index in [4.69, 9.17) is 0 Å². The van der Waals surface area contributed by atoms with Crippen LogP contribution in [0.4, 0.5) is 4.39 Å². The van der Waals surface area contributed by atoms with E-state index in [9.17, 15) is 4.39 Å². The molecule has 0 spiro atoms. The number of rotatable bonds is 1. The minimum absolute atomic E-state index is 0.205. The lowest BCUT2D eigenvalue weighted by atomic mass is 9.96. The molecule has 0 saturated carbocycles. The van der Waals surface area contributed by atoms with Gasteiger partial charge >= 0.3 is 0 Å². The number of allylic oxidation sites excluding steroid dienone is 2. The molecular weight excluding hydrogens is 213 g/mol. The largest absolute Gasteiger partial charge is 0.256 e. The number of benzene rings is 1. The maximum Gasteiger partial charge on any atom is 0.123 e. The second-order valence-electron chi connectivity index (χ2n) is 4.54. The van der Waals surface area contributed by atoms with Gasteiger partial charge in [-0.1, -0.05) is 12.1 Å². The first-order valence-corrected chi connectivity index (χ1v) is 6.08. The van der Waals surface area contributed by atoms with Gasteiger partial charge in [-0.2, -0.15) is 0 Å². The molecule has 1 nitrogen and oxygen atoms in total. The highest BCUT2D eigenvalue weighted by Crippen LogP contribution is 2.27. The van der Waals surface area contributed by atoms with E-state index >= 15 is 0 Å². The van der Waals surface area contributed by atoms with Crippen LogP contribution in [0.25, 0.3) is 16.3 Å². The molecule has 1 aromatic carbocycles. The SMILES string of the molecule is Fc1ccc2cc(C3=CCCCC3)ncc2c1. The number of hydrogen-bond donors (Lipinski definition) is 0. The van der Waals surface area contributed by atoms with Gasteiger partial charge < -0.3 is 0 Å². The average Bonchev–Trinajstić information content (AvgIpc) is 2.39. The zero-order valence-corrected chi connectivity index (χ0v) is 9.62. The summed E-state index contributed by atoms with van der Waals surface area (Å²) in [5.41, 5.74) is 2.38. The van der Waals surface area contributed by atoms with Crippen LogP contribution in [0, 0.1) is 5.82 Å². The second kappa shape index (κ2) is 4.28. The molecule has 0 fully saturated rings. The van der Waals surface area contributed by atoms with Crippen molar-refractivity contribution in [2.75, 3.05) is 0 Å². The Morgan fingerprint density at radius 3 is 2.82 bits per heavy atom. The van der Waals surface area contributed by atoms with E-state index in [1.807, 2.05) is 6.07 Å². The Kier molecular flexibility index (Phi) is 2.63. The second-order valence-corrected chi connectivity index (χ2v) is 4.54. The molecule has 17 heavy (non-hydrogen) atoms. The van der Waals surface area contributed by atoms with Crippen molar-refractivity contribution in [2.24, 2.45) is 0 Å². The predicted molar refractivity (Wildman–Crippen MR) is 68.1 cm³/mol. The van der Waals surface area contributed by atoms with Crippen LogP contribution < -0.4 is 0 Å². The normalized spacial score (nSPS) is 15.9. The minimum atomic E-state index is -0.205. The number of pyridine rings is 1. The highest BCUT2D eigenvalue weighted by Gasteiger charge is 2.08. The fraction of sp³-hybridized carbons (Fsp3) is 0.267. The number of nitrogens with zero attached hydrogens (tertiary/aromatic N) is 1. The zero-order chi connectivity index (χ0) is 11.7. The molecule has 0 unspecified atom stereocenters. The highest BCUT2D eigenvalue weighted by molar-refractivity contribution is 5.84. The van der Waals surface area contributed by atoms with Crippen molar-refractivity contribution in [1.29, 1.82) is 0 Å². The van der Waals surface area contributed by atoms with Crippen molar-refractivity contribution < 1.29 is 4.39 Å². The predicted octanol–water partition coefficient (Wildman–Crippen LogP) is 4.33. The summed E-state index contributed by atoms with van der Waals surface area (Å²) in [7, 11) is 0. The first kappa shape index (κ1) is 10.5. The van der Waals surface area contributed by atoms with Crippen LogP contribution in [0.2, 0.25) is 0 Å². The third-order valence-electron chi connectivity index (χ3n) is 3.30. The molecule has 0 amide bonds. The lowest BCUT2D eigenvalue weighted by molar-refractivity contribution is 0.629. The number of hydrogen-bond acceptors (Lipinski definition) is 1. The molecule has 1 aliphatic rings. The number of aromatic nitrogens is 1. The molecule has 2 heteroatoms. The van der Waals surface area contributed by atoms with Crippen LogP contribution in [-0.2, 0) is 0 Å². The minimum Gasteiger partial charge on any atom is -0.256 e. The Hall–Kier alpha value is -1.70. The van der Waals surface area contributed by atoms with E-state index < -0.39 is 0 Å². The van der Waals surface area contributed by atoms with Gasteiger partial charge in [-0.15, -0.1) is 0 Å². The smallest absolute Gasteiger partial charge is 0.123 e. The molecule has 1 heterocycles. The molecule has 3 rings (SSSR count). The Morgan fingerprint density at radius 2 is 2.00 bits per heavy atom. The van der Waals surface area contributed by atoms with Crippen molar-refractivity contribution in [3.8, 4) is 0 Å². The van der Waals surface area contributed by atoms with Crippen LogP contribution in [0.15, 0.2) is 36.5 Å². The van der Waals surface area contributed by atoms with E-state index in [0.717, 1.165) is 29.3 Å². The molecule has 0 saturated heterocycles.